The third-order valence-electron chi connectivity index (χ3n) is 0.838. The predicted octanol–water partition coefficient (Wildman–Crippen LogP) is 0.833. The van der Waals surface area contributed by atoms with E-state index in [9.17, 15) is 9.59 Å². The van der Waals surface area contributed by atoms with Crippen molar-refractivity contribution in [3.05, 3.63) is 18.6 Å². The van der Waals surface area contributed by atoms with Gasteiger partial charge in [0, 0.05) is 38.5 Å². The maximum absolute atomic E-state index is 10.4. The SMILES string of the molecule is [CH2-]C/C=C(\[C-]=O)C(C)=O.[Y]. The molecule has 0 aliphatic rings. The number of rotatable bonds is 3. The summed E-state index contributed by atoms with van der Waals surface area (Å²) in [6.07, 6.45) is 3.43. The van der Waals surface area contributed by atoms with E-state index >= 15 is 0 Å². The van der Waals surface area contributed by atoms with E-state index in [1.165, 1.54) is 19.3 Å². The molecule has 1 radical (unpaired) electrons. The number of hydrogen-bond acceptors (Lipinski definition) is 2. The standard InChI is InChI=1S/C7H8O2.Y/c1-3-4-7(5-8)6(2)9;/h4H,1,3H2,2H3;/q-2;/b7-4+;. The Morgan fingerprint density at radius 2 is 2.20 bits per heavy atom. The summed E-state index contributed by atoms with van der Waals surface area (Å²) >= 11 is 0. The number of Topliss-reactive ketones (excluding diaryl/α,β-unsaturated/α-hetero) is 1. The molecule has 2 nitrogen and oxygen atoms in total. The van der Waals surface area contributed by atoms with Crippen molar-refractivity contribution in [1.29, 1.82) is 0 Å². The average Bonchev–Trinajstić information content (AvgIpc) is 1.82. The molecule has 0 aromatic rings. The molecule has 0 atom stereocenters. The van der Waals surface area contributed by atoms with Crippen LogP contribution in [0.2, 0.25) is 0 Å². The van der Waals surface area contributed by atoms with Gasteiger partial charge in [-0.1, -0.05) is 0 Å². The fraction of sp³-hybridized carbons (Fsp3) is 0.286. The smallest absolute Gasteiger partial charge is 0.0657 e. The molecule has 0 bridgehead atoms. The van der Waals surface area contributed by atoms with Crippen molar-refractivity contribution >= 4 is 12.1 Å². The van der Waals surface area contributed by atoms with E-state index in [0.717, 1.165) is 0 Å². The molecule has 0 unspecified atom stereocenters. The van der Waals surface area contributed by atoms with Crippen molar-refractivity contribution < 1.29 is 42.3 Å². The Morgan fingerprint density at radius 1 is 1.70 bits per heavy atom. The monoisotopic (exact) mass is 213 g/mol. The van der Waals surface area contributed by atoms with Gasteiger partial charge in [-0.05, 0) is 6.92 Å². The van der Waals surface area contributed by atoms with Gasteiger partial charge in [-0.2, -0.15) is 0 Å². The zero-order valence-electron chi connectivity index (χ0n) is 5.89. The van der Waals surface area contributed by atoms with Crippen molar-refractivity contribution in [3.63, 3.8) is 0 Å². The van der Waals surface area contributed by atoms with Crippen LogP contribution in [0.1, 0.15) is 13.3 Å². The average molecular weight is 213 g/mol. The first-order valence-corrected chi connectivity index (χ1v) is 2.61. The molecule has 3 heteroatoms. The molecule has 0 aromatic heterocycles. The number of carbonyl (C=O) groups is 1. The van der Waals surface area contributed by atoms with Crippen molar-refractivity contribution in [3.8, 4) is 0 Å². The molecule has 0 saturated carbocycles. The zero-order valence-corrected chi connectivity index (χ0v) is 8.72. The number of ketones is 1. The molecular weight excluding hydrogens is 205 g/mol. The minimum atomic E-state index is -0.256. The van der Waals surface area contributed by atoms with Gasteiger partial charge in [-0.3, -0.25) is 0 Å². The predicted molar refractivity (Wildman–Crippen MR) is 34.4 cm³/mol. The Hall–Kier alpha value is 0.184. The van der Waals surface area contributed by atoms with Crippen LogP contribution in [0.5, 0.6) is 0 Å². The van der Waals surface area contributed by atoms with Gasteiger partial charge in [-0.25, -0.2) is 12.5 Å². The molecule has 53 valence electrons. The Balaban J connectivity index is 0. The second-order valence-corrected chi connectivity index (χ2v) is 1.56. The van der Waals surface area contributed by atoms with E-state index in [0.29, 0.717) is 6.42 Å². The molecule has 0 fully saturated rings. The normalized spacial score (nSPS) is 10.0. The topological polar surface area (TPSA) is 34.1 Å². The fourth-order valence-corrected chi connectivity index (χ4v) is 0.402. The van der Waals surface area contributed by atoms with Crippen molar-refractivity contribution in [1.82, 2.24) is 0 Å². The van der Waals surface area contributed by atoms with E-state index in [1.807, 2.05) is 0 Å². The number of allylic oxidation sites excluding steroid dienone is 2. The Morgan fingerprint density at radius 3 is 2.30 bits per heavy atom. The molecule has 0 amide bonds. The first-order valence-electron chi connectivity index (χ1n) is 2.61. The molecule has 0 saturated heterocycles. The molecule has 10 heavy (non-hydrogen) atoms. The summed E-state index contributed by atoms with van der Waals surface area (Å²) in [5.41, 5.74) is 0.0880. The second-order valence-electron chi connectivity index (χ2n) is 1.56. The van der Waals surface area contributed by atoms with Crippen LogP contribution >= 0.6 is 0 Å². The van der Waals surface area contributed by atoms with Crippen LogP contribution in [0.4, 0.5) is 0 Å². The van der Waals surface area contributed by atoms with E-state index in [2.05, 4.69) is 6.92 Å². The van der Waals surface area contributed by atoms with Crippen molar-refractivity contribution in [2.45, 2.75) is 13.3 Å². The number of carbonyl (C=O) groups excluding carboxylic acids is 2. The molecule has 0 rings (SSSR count). The summed E-state index contributed by atoms with van der Waals surface area (Å²) in [4.78, 5) is 20.3. The number of hydrogen-bond donors (Lipinski definition) is 0. The summed E-state index contributed by atoms with van der Waals surface area (Å²) in [7, 11) is 0. The van der Waals surface area contributed by atoms with E-state index < -0.39 is 0 Å². The van der Waals surface area contributed by atoms with Gasteiger partial charge in [0.15, 0.2) is 0 Å². The molecule has 0 aromatic carbocycles. The molecule has 0 N–H and O–H groups in total. The van der Waals surface area contributed by atoms with Gasteiger partial charge in [0.05, 0.1) is 6.29 Å². The quantitative estimate of drug-likeness (QED) is 0.301. The Labute approximate surface area is 85.9 Å². The van der Waals surface area contributed by atoms with Crippen LogP contribution in [0.25, 0.3) is 0 Å². The maximum atomic E-state index is 10.4. The van der Waals surface area contributed by atoms with E-state index in [4.69, 9.17) is 0 Å². The van der Waals surface area contributed by atoms with Crippen LogP contribution in [0, 0.1) is 6.92 Å². The van der Waals surface area contributed by atoms with Crippen LogP contribution in [0.15, 0.2) is 11.6 Å². The maximum Gasteiger partial charge on any atom is 0.0657 e. The molecular formula is C7H8O2Y-2. The van der Waals surface area contributed by atoms with Crippen molar-refractivity contribution in [2.24, 2.45) is 0 Å². The summed E-state index contributed by atoms with van der Waals surface area (Å²) in [6, 6.07) is 0. The fourth-order valence-electron chi connectivity index (χ4n) is 0.402. The van der Waals surface area contributed by atoms with E-state index in [-0.39, 0.29) is 44.1 Å². The van der Waals surface area contributed by atoms with Crippen molar-refractivity contribution in [2.75, 3.05) is 0 Å². The van der Waals surface area contributed by atoms with Crippen LogP contribution in [-0.2, 0) is 42.3 Å². The Kier molecular flexibility index (Phi) is 9.35. The summed E-state index contributed by atoms with van der Waals surface area (Å²) < 4.78 is 0. The minimum Gasteiger partial charge on any atom is -0.376 e. The molecule has 0 aliphatic heterocycles. The van der Waals surface area contributed by atoms with E-state index in [1.54, 1.807) is 0 Å². The van der Waals surface area contributed by atoms with Gasteiger partial charge in [0.25, 0.3) is 0 Å². The summed E-state index contributed by atoms with van der Waals surface area (Å²) in [5.74, 6) is -0.256. The van der Waals surface area contributed by atoms with Gasteiger partial charge >= 0.3 is 0 Å². The second kappa shape index (κ2) is 7.29. The third-order valence-corrected chi connectivity index (χ3v) is 0.838. The molecule has 0 spiro atoms. The van der Waals surface area contributed by atoms with Gasteiger partial charge in [-0.15, -0.1) is 5.57 Å². The molecule has 0 heterocycles. The largest absolute Gasteiger partial charge is 0.376 e. The first kappa shape index (κ1) is 12.8. The van der Waals surface area contributed by atoms with Crippen LogP contribution < -0.4 is 0 Å². The minimum absolute atomic E-state index is 0. The van der Waals surface area contributed by atoms with Gasteiger partial charge < -0.3 is 16.5 Å². The van der Waals surface area contributed by atoms with Gasteiger partial charge in [0.1, 0.15) is 0 Å². The van der Waals surface area contributed by atoms with Crippen LogP contribution in [-0.4, -0.2) is 12.1 Å². The zero-order chi connectivity index (χ0) is 7.28. The third kappa shape index (κ3) is 5.01. The first-order chi connectivity index (χ1) is 4.22. The summed E-state index contributed by atoms with van der Waals surface area (Å²) in [6.45, 7) is 4.77. The molecule has 0 aliphatic carbocycles. The van der Waals surface area contributed by atoms with Crippen LogP contribution in [0.3, 0.4) is 0 Å². The van der Waals surface area contributed by atoms with Gasteiger partial charge in [0.2, 0.25) is 0 Å². The summed E-state index contributed by atoms with van der Waals surface area (Å²) in [5, 5.41) is 0. The Bertz CT molecular complexity index is 150.